The Bertz CT molecular complexity index is 1280. The lowest BCUT2D eigenvalue weighted by atomic mass is 10.1. The van der Waals surface area contributed by atoms with Crippen LogP contribution in [0.1, 0.15) is 12.0 Å². The topological polar surface area (TPSA) is 94.2 Å². The molecule has 186 valence electrons. The predicted octanol–water partition coefficient (Wildman–Crippen LogP) is 5.09. The maximum absolute atomic E-state index is 12.6. The van der Waals surface area contributed by atoms with Gasteiger partial charge in [-0.3, -0.25) is 14.4 Å². The number of nitrogens with one attached hydrogen (secondary N) is 1. The molecule has 0 spiro atoms. The molecule has 2 amide bonds. The van der Waals surface area contributed by atoms with Crippen LogP contribution in [0.4, 0.5) is 11.4 Å². The zero-order valence-corrected chi connectivity index (χ0v) is 21.4. The van der Waals surface area contributed by atoms with Gasteiger partial charge in [0.1, 0.15) is 5.75 Å². The molecule has 0 radical (unpaired) electrons. The van der Waals surface area contributed by atoms with Crippen molar-refractivity contribution in [1.29, 1.82) is 0 Å². The van der Waals surface area contributed by atoms with Gasteiger partial charge >= 0.3 is 5.97 Å². The van der Waals surface area contributed by atoms with E-state index >= 15 is 0 Å². The number of methoxy groups -OCH3 is 1. The molecule has 3 aromatic rings. The van der Waals surface area contributed by atoms with Crippen molar-refractivity contribution < 1.29 is 28.6 Å². The Morgan fingerprint density at radius 3 is 2.47 bits per heavy atom. The van der Waals surface area contributed by atoms with Crippen molar-refractivity contribution in [3.8, 4) is 17.2 Å². The summed E-state index contributed by atoms with van der Waals surface area (Å²) in [4.78, 5) is 38.8. The number of carbonyl (C=O) groups excluding carboxylic acids is 3. The number of para-hydroxylation sites is 2. The highest BCUT2D eigenvalue weighted by Crippen LogP contribution is 2.33. The van der Waals surface area contributed by atoms with Gasteiger partial charge in [-0.25, -0.2) is 0 Å². The quantitative estimate of drug-likeness (QED) is 0.391. The highest BCUT2D eigenvalue weighted by atomic mass is 79.9. The van der Waals surface area contributed by atoms with E-state index in [9.17, 15) is 14.4 Å². The molecule has 9 heteroatoms. The number of rotatable bonds is 8. The van der Waals surface area contributed by atoms with Crippen LogP contribution in [0.3, 0.4) is 0 Å². The molecule has 1 N–H and O–H groups in total. The van der Waals surface area contributed by atoms with Crippen LogP contribution in [0.5, 0.6) is 17.2 Å². The Balaban J connectivity index is 1.30. The Morgan fingerprint density at radius 1 is 1.06 bits per heavy atom. The molecule has 0 unspecified atom stereocenters. The monoisotopic (exact) mass is 552 g/mol. The molecule has 0 bridgehead atoms. The van der Waals surface area contributed by atoms with Gasteiger partial charge in [0.25, 0.3) is 5.91 Å². The van der Waals surface area contributed by atoms with Crippen LogP contribution in [-0.2, 0) is 19.1 Å². The van der Waals surface area contributed by atoms with E-state index in [4.69, 9.17) is 14.2 Å². The fourth-order valence-corrected chi connectivity index (χ4v) is 4.06. The molecule has 8 nitrogen and oxygen atoms in total. The van der Waals surface area contributed by atoms with Crippen molar-refractivity contribution in [3.05, 3.63) is 76.8 Å². The second kappa shape index (κ2) is 11.3. The summed E-state index contributed by atoms with van der Waals surface area (Å²) in [5.74, 6) is -0.0981. The predicted molar refractivity (Wildman–Crippen MR) is 138 cm³/mol. The van der Waals surface area contributed by atoms with Gasteiger partial charge in [-0.1, -0.05) is 28.1 Å². The van der Waals surface area contributed by atoms with Gasteiger partial charge in [0.15, 0.2) is 18.1 Å². The summed E-state index contributed by atoms with van der Waals surface area (Å²) in [6, 6.07) is 19.7. The molecular formula is C27H25BrN2O6. The molecule has 1 fully saturated rings. The first-order chi connectivity index (χ1) is 17.3. The minimum absolute atomic E-state index is 0.0197. The average Bonchev–Trinajstić information content (AvgIpc) is 3.27. The summed E-state index contributed by atoms with van der Waals surface area (Å²) in [6.07, 6.45) is 0.0197. The van der Waals surface area contributed by atoms with Crippen molar-refractivity contribution >= 4 is 45.1 Å². The lowest BCUT2D eigenvalue weighted by Crippen LogP contribution is -2.28. The third kappa shape index (κ3) is 6.04. The standard InChI is InChI=1S/C27H25BrN2O6/c1-17-13-19(7-12-22(17)28)29-25(31)16-35-27(33)18-14-26(32)30(15-18)20-8-10-21(11-9-20)36-24-6-4-3-5-23(24)34-2/h3-13,18H,14-16H2,1-2H3,(H,29,31)/t18-/m0/s1. The number of hydrogen-bond donors (Lipinski definition) is 1. The van der Waals surface area contributed by atoms with Gasteiger partial charge in [-0.2, -0.15) is 0 Å². The van der Waals surface area contributed by atoms with Crippen molar-refractivity contribution in [3.63, 3.8) is 0 Å². The molecule has 1 aliphatic rings. The van der Waals surface area contributed by atoms with Crippen molar-refractivity contribution in [2.45, 2.75) is 13.3 Å². The largest absolute Gasteiger partial charge is 0.493 e. The van der Waals surface area contributed by atoms with Gasteiger partial charge in [-0.15, -0.1) is 0 Å². The first kappa shape index (κ1) is 25.2. The third-order valence-electron chi connectivity index (χ3n) is 5.69. The lowest BCUT2D eigenvalue weighted by Gasteiger charge is -2.17. The summed E-state index contributed by atoms with van der Waals surface area (Å²) < 4.78 is 17.3. The van der Waals surface area contributed by atoms with E-state index in [1.165, 1.54) is 4.90 Å². The summed E-state index contributed by atoms with van der Waals surface area (Å²) in [6.45, 7) is 1.66. The molecule has 0 saturated carbocycles. The number of ether oxygens (including phenoxy) is 3. The minimum Gasteiger partial charge on any atom is -0.493 e. The van der Waals surface area contributed by atoms with E-state index in [1.54, 1.807) is 49.6 Å². The SMILES string of the molecule is COc1ccccc1Oc1ccc(N2C[C@@H](C(=O)OCC(=O)Nc3ccc(Br)c(C)c3)CC2=O)cc1. The number of benzene rings is 3. The number of carbonyl (C=O) groups is 3. The second-order valence-electron chi connectivity index (χ2n) is 8.27. The molecule has 0 aromatic heterocycles. The van der Waals surface area contributed by atoms with E-state index in [0.29, 0.717) is 28.6 Å². The molecule has 1 saturated heterocycles. The molecule has 0 aliphatic carbocycles. The highest BCUT2D eigenvalue weighted by molar-refractivity contribution is 9.10. The van der Waals surface area contributed by atoms with Crippen molar-refractivity contribution in [2.24, 2.45) is 5.92 Å². The number of hydrogen-bond acceptors (Lipinski definition) is 6. The Morgan fingerprint density at radius 2 is 1.78 bits per heavy atom. The fraction of sp³-hybridized carbons (Fsp3) is 0.222. The maximum atomic E-state index is 12.6. The van der Waals surface area contributed by atoms with Crippen LogP contribution in [0.2, 0.25) is 0 Å². The average molecular weight is 553 g/mol. The zero-order valence-electron chi connectivity index (χ0n) is 19.8. The van der Waals surface area contributed by atoms with E-state index < -0.39 is 24.4 Å². The Labute approximate surface area is 217 Å². The number of aryl methyl sites for hydroxylation is 1. The van der Waals surface area contributed by atoms with E-state index in [1.807, 2.05) is 31.2 Å². The molecule has 1 aliphatic heterocycles. The summed E-state index contributed by atoms with van der Waals surface area (Å²) in [5.41, 5.74) is 2.22. The smallest absolute Gasteiger partial charge is 0.311 e. The van der Waals surface area contributed by atoms with Crippen molar-refractivity contribution in [1.82, 2.24) is 0 Å². The second-order valence-corrected chi connectivity index (χ2v) is 9.13. The number of anilines is 2. The molecule has 1 heterocycles. The van der Waals surface area contributed by atoms with Gasteiger partial charge in [0.05, 0.1) is 13.0 Å². The number of nitrogens with zero attached hydrogens (tertiary/aromatic N) is 1. The zero-order chi connectivity index (χ0) is 25.7. The first-order valence-electron chi connectivity index (χ1n) is 11.3. The summed E-state index contributed by atoms with van der Waals surface area (Å²) >= 11 is 3.41. The first-order valence-corrected chi connectivity index (χ1v) is 12.1. The Hall–Kier alpha value is -3.85. The summed E-state index contributed by atoms with van der Waals surface area (Å²) in [7, 11) is 1.57. The van der Waals surface area contributed by atoms with Crippen LogP contribution in [-0.4, -0.2) is 38.0 Å². The van der Waals surface area contributed by atoms with Crippen LogP contribution < -0.4 is 19.7 Å². The normalized spacial score (nSPS) is 14.9. The van der Waals surface area contributed by atoms with Gasteiger partial charge in [0.2, 0.25) is 5.91 Å². The highest BCUT2D eigenvalue weighted by Gasteiger charge is 2.36. The number of amides is 2. The third-order valence-corrected chi connectivity index (χ3v) is 6.58. The number of halogens is 1. The lowest BCUT2D eigenvalue weighted by molar-refractivity contribution is -0.151. The maximum Gasteiger partial charge on any atom is 0.311 e. The molecule has 3 aromatic carbocycles. The molecule has 1 atom stereocenters. The van der Waals surface area contributed by atoms with E-state index in [2.05, 4.69) is 21.2 Å². The van der Waals surface area contributed by atoms with Crippen LogP contribution in [0.25, 0.3) is 0 Å². The minimum atomic E-state index is -0.648. The van der Waals surface area contributed by atoms with Crippen LogP contribution in [0, 0.1) is 12.8 Å². The van der Waals surface area contributed by atoms with Gasteiger partial charge in [-0.05, 0) is 67.1 Å². The van der Waals surface area contributed by atoms with Crippen LogP contribution in [0.15, 0.2) is 71.2 Å². The van der Waals surface area contributed by atoms with E-state index in [-0.39, 0.29) is 18.9 Å². The van der Waals surface area contributed by atoms with E-state index in [0.717, 1.165) is 10.0 Å². The van der Waals surface area contributed by atoms with Crippen molar-refractivity contribution in [2.75, 3.05) is 30.5 Å². The van der Waals surface area contributed by atoms with Crippen LogP contribution >= 0.6 is 15.9 Å². The van der Waals surface area contributed by atoms with Gasteiger partial charge < -0.3 is 24.4 Å². The summed E-state index contributed by atoms with van der Waals surface area (Å²) in [5, 5.41) is 2.70. The molecule has 36 heavy (non-hydrogen) atoms. The number of esters is 1. The Kier molecular flexibility index (Phi) is 7.90. The van der Waals surface area contributed by atoms with Gasteiger partial charge in [0, 0.05) is 28.8 Å². The molecular weight excluding hydrogens is 528 g/mol. The fourth-order valence-electron chi connectivity index (χ4n) is 3.81. The molecule has 4 rings (SSSR count).